The molecular formula is C11H10Cl2N2O. The number of hydrogen-bond acceptors (Lipinski definition) is 3. The Hall–Kier alpha value is -1.19. The number of pyridine rings is 1. The minimum Gasteiger partial charge on any atom is -0.470 e. The van der Waals surface area contributed by atoms with Gasteiger partial charge in [0.2, 0.25) is 0 Å². The molecule has 3 nitrogen and oxygen atoms in total. The van der Waals surface area contributed by atoms with Crippen molar-refractivity contribution in [3.8, 4) is 0 Å². The van der Waals surface area contributed by atoms with E-state index in [2.05, 4.69) is 4.98 Å². The normalized spacial score (nSPS) is 10.4. The summed E-state index contributed by atoms with van der Waals surface area (Å²) >= 11 is 11.6. The van der Waals surface area contributed by atoms with Gasteiger partial charge in [-0.05, 0) is 17.7 Å². The van der Waals surface area contributed by atoms with Gasteiger partial charge >= 0.3 is 0 Å². The minimum atomic E-state index is 0.330. The summed E-state index contributed by atoms with van der Waals surface area (Å²) in [5, 5.41) is 0.802. The Labute approximate surface area is 104 Å². The fraction of sp³-hybridized carbons (Fsp3) is 0.182. The maximum atomic E-state index is 5.89. The van der Waals surface area contributed by atoms with E-state index in [9.17, 15) is 0 Å². The first-order valence-corrected chi connectivity index (χ1v) is 5.45. The van der Waals surface area contributed by atoms with Crippen LogP contribution in [0.15, 0.2) is 35.3 Å². The van der Waals surface area contributed by atoms with Crippen molar-refractivity contribution in [3.63, 3.8) is 0 Å². The van der Waals surface area contributed by atoms with Gasteiger partial charge in [0, 0.05) is 19.8 Å². The maximum absolute atomic E-state index is 5.89. The first-order valence-electron chi connectivity index (χ1n) is 4.70. The minimum absolute atomic E-state index is 0.330. The molecule has 0 fully saturated rings. The molecule has 0 saturated carbocycles. The molecule has 2 rings (SSSR count). The van der Waals surface area contributed by atoms with Gasteiger partial charge in [0.05, 0.1) is 17.0 Å². The molecule has 0 spiro atoms. The molecule has 2 aromatic rings. The van der Waals surface area contributed by atoms with Gasteiger partial charge in [-0.2, -0.15) is 0 Å². The van der Waals surface area contributed by atoms with Crippen LogP contribution in [0.1, 0.15) is 5.56 Å². The van der Waals surface area contributed by atoms with Crippen molar-refractivity contribution in [1.29, 1.82) is 0 Å². The Morgan fingerprint density at radius 3 is 2.88 bits per heavy atom. The number of hydrogen-bond donors (Lipinski definition) is 0. The lowest BCUT2D eigenvalue weighted by atomic mass is 10.2. The van der Waals surface area contributed by atoms with E-state index >= 15 is 0 Å². The summed E-state index contributed by atoms with van der Waals surface area (Å²) in [4.78, 5) is 6.03. The first kappa shape index (κ1) is 11.3. The van der Waals surface area contributed by atoms with E-state index in [1.807, 2.05) is 24.1 Å². The molecule has 2 aromatic heterocycles. The van der Waals surface area contributed by atoms with E-state index in [1.54, 1.807) is 18.7 Å². The van der Waals surface area contributed by atoms with Crippen LogP contribution in [0.25, 0.3) is 0 Å². The van der Waals surface area contributed by atoms with Crippen molar-refractivity contribution >= 4 is 28.9 Å². The van der Waals surface area contributed by atoms with Crippen LogP contribution >= 0.6 is 23.2 Å². The lowest BCUT2D eigenvalue weighted by Gasteiger charge is -2.16. The molecule has 0 aromatic carbocycles. The summed E-state index contributed by atoms with van der Waals surface area (Å²) in [5.74, 6) is 0. The van der Waals surface area contributed by atoms with Crippen molar-refractivity contribution in [2.24, 2.45) is 0 Å². The van der Waals surface area contributed by atoms with Crippen molar-refractivity contribution < 1.29 is 4.42 Å². The van der Waals surface area contributed by atoms with E-state index in [0.29, 0.717) is 16.7 Å². The second-order valence-corrected chi connectivity index (χ2v) is 4.22. The Bertz CT molecular complexity index is 471. The zero-order chi connectivity index (χ0) is 11.5. The average molecular weight is 257 g/mol. The van der Waals surface area contributed by atoms with E-state index in [0.717, 1.165) is 11.3 Å². The highest BCUT2D eigenvalue weighted by molar-refractivity contribution is 6.41. The van der Waals surface area contributed by atoms with E-state index in [-0.39, 0.29) is 0 Å². The molecule has 5 heteroatoms. The van der Waals surface area contributed by atoms with Crippen LogP contribution in [-0.4, -0.2) is 12.0 Å². The third-order valence-corrected chi connectivity index (χ3v) is 2.91. The van der Waals surface area contributed by atoms with Crippen molar-refractivity contribution in [1.82, 2.24) is 4.98 Å². The molecule has 16 heavy (non-hydrogen) atoms. The number of furan rings is 1. The number of nitrogens with zero attached hydrogens (tertiary/aromatic N) is 2. The van der Waals surface area contributed by atoms with Crippen molar-refractivity contribution in [3.05, 3.63) is 46.6 Å². The standard InChI is InChI=1S/C11H10Cl2N2O/c1-15(9-2-3-16-7-9)6-8-4-10(12)11(13)14-5-8/h2-5,7H,6H2,1H3. The second kappa shape index (κ2) is 4.76. The zero-order valence-electron chi connectivity index (χ0n) is 8.65. The summed E-state index contributed by atoms with van der Waals surface area (Å²) in [6.07, 6.45) is 5.04. The van der Waals surface area contributed by atoms with Gasteiger partial charge in [-0.25, -0.2) is 4.98 Å². The Morgan fingerprint density at radius 1 is 1.44 bits per heavy atom. The number of halogens is 2. The summed E-state index contributed by atoms with van der Waals surface area (Å²) in [5.41, 5.74) is 2.00. The molecule has 0 aliphatic rings. The Kier molecular flexibility index (Phi) is 3.36. The van der Waals surface area contributed by atoms with E-state index in [4.69, 9.17) is 27.6 Å². The Morgan fingerprint density at radius 2 is 2.25 bits per heavy atom. The van der Waals surface area contributed by atoms with Crippen LogP contribution in [0.2, 0.25) is 10.2 Å². The molecule has 0 atom stereocenters. The summed E-state index contributed by atoms with van der Waals surface area (Å²) in [7, 11) is 1.97. The molecule has 2 heterocycles. The summed E-state index contributed by atoms with van der Waals surface area (Å²) < 4.78 is 5.01. The van der Waals surface area contributed by atoms with Crippen LogP contribution in [0.4, 0.5) is 5.69 Å². The van der Waals surface area contributed by atoms with Crippen molar-refractivity contribution in [2.45, 2.75) is 6.54 Å². The highest BCUT2D eigenvalue weighted by Gasteiger charge is 2.05. The van der Waals surface area contributed by atoms with E-state index < -0.39 is 0 Å². The number of rotatable bonds is 3. The maximum Gasteiger partial charge on any atom is 0.147 e. The van der Waals surface area contributed by atoms with E-state index in [1.165, 1.54) is 0 Å². The smallest absolute Gasteiger partial charge is 0.147 e. The number of aromatic nitrogens is 1. The van der Waals surface area contributed by atoms with Gasteiger partial charge in [-0.15, -0.1) is 0 Å². The van der Waals surface area contributed by atoms with Crippen LogP contribution in [0.3, 0.4) is 0 Å². The first-order chi connectivity index (χ1) is 7.66. The highest BCUT2D eigenvalue weighted by atomic mass is 35.5. The molecule has 84 valence electrons. The SMILES string of the molecule is CN(Cc1cnc(Cl)c(Cl)c1)c1ccoc1. The molecule has 0 saturated heterocycles. The molecule has 0 unspecified atom stereocenters. The predicted octanol–water partition coefficient (Wildman–Crippen LogP) is 3.62. The van der Waals surface area contributed by atoms with Crippen LogP contribution in [0, 0.1) is 0 Å². The monoisotopic (exact) mass is 256 g/mol. The topological polar surface area (TPSA) is 29.3 Å². The number of anilines is 1. The fourth-order valence-electron chi connectivity index (χ4n) is 1.39. The quantitative estimate of drug-likeness (QED) is 0.786. The Balaban J connectivity index is 2.12. The molecule has 0 radical (unpaired) electrons. The predicted molar refractivity (Wildman–Crippen MR) is 65.1 cm³/mol. The van der Waals surface area contributed by atoms with Gasteiger partial charge < -0.3 is 9.32 Å². The van der Waals surface area contributed by atoms with Gasteiger partial charge in [-0.1, -0.05) is 23.2 Å². The second-order valence-electron chi connectivity index (χ2n) is 3.45. The largest absolute Gasteiger partial charge is 0.470 e. The fourth-order valence-corrected chi connectivity index (χ4v) is 1.68. The molecular weight excluding hydrogens is 247 g/mol. The van der Waals surface area contributed by atoms with Crippen LogP contribution < -0.4 is 4.90 Å². The lowest BCUT2D eigenvalue weighted by Crippen LogP contribution is -2.15. The molecule has 0 aliphatic carbocycles. The molecule has 0 N–H and O–H groups in total. The van der Waals surface area contributed by atoms with Gasteiger partial charge in [0.15, 0.2) is 0 Å². The molecule has 0 bridgehead atoms. The summed E-state index contributed by atoms with van der Waals surface area (Å²) in [6, 6.07) is 3.71. The molecule has 0 amide bonds. The van der Waals surface area contributed by atoms with Gasteiger partial charge in [0.25, 0.3) is 0 Å². The third kappa shape index (κ3) is 2.49. The zero-order valence-corrected chi connectivity index (χ0v) is 10.2. The average Bonchev–Trinajstić information content (AvgIpc) is 2.77. The highest BCUT2D eigenvalue weighted by Crippen LogP contribution is 2.21. The van der Waals surface area contributed by atoms with Crippen LogP contribution in [0.5, 0.6) is 0 Å². The van der Waals surface area contributed by atoms with Crippen molar-refractivity contribution in [2.75, 3.05) is 11.9 Å². The van der Waals surface area contributed by atoms with Crippen LogP contribution in [-0.2, 0) is 6.54 Å². The lowest BCUT2D eigenvalue weighted by molar-refractivity contribution is 0.566. The molecule has 0 aliphatic heterocycles. The summed E-state index contributed by atoms with van der Waals surface area (Å²) in [6.45, 7) is 0.698. The van der Waals surface area contributed by atoms with Gasteiger partial charge in [-0.3, -0.25) is 0 Å². The third-order valence-electron chi connectivity index (χ3n) is 2.22. The van der Waals surface area contributed by atoms with Gasteiger partial charge in [0.1, 0.15) is 11.4 Å².